The van der Waals surface area contributed by atoms with Crippen molar-refractivity contribution >= 4 is 0 Å². The van der Waals surface area contributed by atoms with Gasteiger partial charge in [0.05, 0.1) is 0 Å². The van der Waals surface area contributed by atoms with E-state index in [-0.39, 0.29) is 0 Å². The zero-order valence-electron chi connectivity index (χ0n) is 10.3. The highest BCUT2D eigenvalue weighted by molar-refractivity contribution is 4.96. The maximum absolute atomic E-state index is 4.72. The van der Waals surface area contributed by atoms with E-state index in [1.54, 1.807) is 0 Å². The molecule has 94 valence electrons. The summed E-state index contributed by atoms with van der Waals surface area (Å²) < 4.78 is 4.72. The van der Waals surface area contributed by atoms with E-state index in [0.717, 1.165) is 30.9 Å². The van der Waals surface area contributed by atoms with E-state index in [2.05, 4.69) is 27.4 Å². The van der Waals surface area contributed by atoms with Crippen LogP contribution in [-0.2, 0) is 6.42 Å². The monoisotopic (exact) mass is 236 g/mol. The molecule has 0 aromatic carbocycles. The van der Waals surface area contributed by atoms with Crippen molar-refractivity contribution in [2.45, 2.75) is 50.2 Å². The average molecular weight is 236 g/mol. The SMILES string of the molecule is CN1C2CCC1CC(NCCc1ncon1)C2. The number of hydrogen-bond donors (Lipinski definition) is 1. The molecule has 2 aliphatic heterocycles. The fourth-order valence-corrected chi connectivity index (χ4v) is 3.27. The molecule has 0 saturated carbocycles. The van der Waals surface area contributed by atoms with Gasteiger partial charge in [-0.15, -0.1) is 0 Å². The van der Waals surface area contributed by atoms with Crippen molar-refractivity contribution in [3.8, 4) is 0 Å². The standard InChI is InChI=1S/C12H20N4O/c1-16-10-2-3-11(16)7-9(6-10)13-5-4-12-14-8-17-15-12/h8-11,13H,2-7H2,1H3. The third-order valence-electron chi connectivity index (χ3n) is 4.29. The van der Waals surface area contributed by atoms with Crippen molar-refractivity contribution in [2.75, 3.05) is 13.6 Å². The quantitative estimate of drug-likeness (QED) is 0.839. The number of hydrogen-bond acceptors (Lipinski definition) is 5. The van der Waals surface area contributed by atoms with Crippen LogP contribution in [0.25, 0.3) is 0 Å². The fourth-order valence-electron chi connectivity index (χ4n) is 3.27. The highest BCUT2D eigenvalue weighted by Gasteiger charge is 2.37. The predicted molar refractivity (Wildman–Crippen MR) is 63.6 cm³/mol. The van der Waals surface area contributed by atoms with Crippen molar-refractivity contribution in [1.29, 1.82) is 0 Å². The van der Waals surface area contributed by atoms with Crippen LogP contribution in [0.3, 0.4) is 0 Å². The molecule has 5 nitrogen and oxygen atoms in total. The molecule has 2 fully saturated rings. The van der Waals surface area contributed by atoms with Crippen molar-refractivity contribution in [3.05, 3.63) is 12.2 Å². The van der Waals surface area contributed by atoms with Crippen LogP contribution in [0, 0.1) is 0 Å². The second-order valence-electron chi connectivity index (χ2n) is 5.27. The van der Waals surface area contributed by atoms with Crippen LogP contribution in [0.4, 0.5) is 0 Å². The second-order valence-corrected chi connectivity index (χ2v) is 5.27. The van der Waals surface area contributed by atoms with Gasteiger partial charge in [-0.05, 0) is 32.7 Å². The minimum absolute atomic E-state index is 0.676. The topological polar surface area (TPSA) is 54.2 Å². The number of nitrogens with zero attached hydrogens (tertiary/aromatic N) is 3. The van der Waals surface area contributed by atoms with Gasteiger partial charge >= 0.3 is 0 Å². The lowest BCUT2D eigenvalue weighted by Crippen LogP contribution is -2.47. The summed E-state index contributed by atoms with van der Waals surface area (Å²) in [6, 6.07) is 2.28. The lowest BCUT2D eigenvalue weighted by atomic mass is 9.98. The van der Waals surface area contributed by atoms with Crippen molar-refractivity contribution in [1.82, 2.24) is 20.4 Å². The number of fused-ring (bicyclic) bond motifs is 2. The van der Waals surface area contributed by atoms with Gasteiger partial charge in [0.15, 0.2) is 5.82 Å². The lowest BCUT2D eigenvalue weighted by molar-refractivity contribution is 0.149. The number of nitrogens with one attached hydrogen (secondary N) is 1. The van der Waals surface area contributed by atoms with E-state index in [1.165, 1.54) is 32.1 Å². The van der Waals surface area contributed by atoms with Gasteiger partial charge in [0.1, 0.15) is 0 Å². The molecule has 0 aliphatic carbocycles. The predicted octanol–water partition coefficient (Wildman–Crippen LogP) is 0.827. The van der Waals surface area contributed by atoms with Gasteiger partial charge in [0.2, 0.25) is 6.39 Å². The third-order valence-corrected chi connectivity index (χ3v) is 4.29. The average Bonchev–Trinajstić information content (AvgIpc) is 2.87. The molecule has 5 heteroatoms. The van der Waals surface area contributed by atoms with Gasteiger partial charge in [0, 0.05) is 31.1 Å². The molecule has 2 unspecified atom stereocenters. The van der Waals surface area contributed by atoms with E-state index in [9.17, 15) is 0 Å². The summed E-state index contributed by atoms with van der Waals surface area (Å²) in [6.45, 7) is 0.952. The van der Waals surface area contributed by atoms with Crippen LogP contribution in [0.2, 0.25) is 0 Å². The van der Waals surface area contributed by atoms with E-state index < -0.39 is 0 Å². The molecule has 2 atom stereocenters. The maximum atomic E-state index is 4.72. The molecule has 0 radical (unpaired) electrons. The van der Waals surface area contributed by atoms with E-state index in [4.69, 9.17) is 4.52 Å². The minimum atomic E-state index is 0.676. The molecule has 1 N–H and O–H groups in total. The van der Waals surface area contributed by atoms with Gasteiger partial charge in [-0.2, -0.15) is 4.98 Å². The Hall–Kier alpha value is -0.940. The molecule has 2 aliphatic rings. The van der Waals surface area contributed by atoms with E-state index in [1.807, 2.05) is 0 Å². The van der Waals surface area contributed by atoms with Gasteiger partial charge in [-0.1, -0.05) is 5.16 Å². The number of aromatic nitrogens is 2. The van der Waals surface area contributed by atoms with Gasteiger partial charge in [-0.25, -0.2) is 0 Å². The minimum Gasteiger partial charge on any atom is -0.343 e. The summed E-state index contributed by atoms with van der Waals surface area (Å²) in [7, 11) is 2.28. The van der Waals surface area contributed by atoms with Crippen LogP contribution in [0.5, 0.6) is 0 Å². The molecule has 2 saturated heterocycles. The molecule has 0 amide bonds. The largest absolute Gasteiger partial charge is 0.343 e. The van der Waals surface area contributed by atoms with Crippen LogP contribution >= 0.6 is 0 Å². The third kappa shape index (κ3) is 2.35. The first-order valence-corrected chi connectivity index (χ1v) is 6.53. The summed E-state index contributed by atoms with van der Waals surface area (Å²) in [4.78, 5) is 6.59. The highest BCUT2D eigenvalue weighted by atomic mass is 16.5. The van der Waals surface area contributed by atoms with Gasteiger partial charge in [-0.3, -0.25) is 0 Å². The molecule has 0 spiro atoms. The molecular formula is C12H20N4O. The summed E-state index contributed by atoms with van der Waals surface area (Å²) in [5, 5.41) is 7.45. The van der Waals surface area contributed by atoms with Gasteiger partial charge < -0.3 is 14.7 Å². The maximum Gasteiger partial charge on any atom is 0.213 e. The molecule has 1 aromatic heterocycles. The Kier molecular flexibility index (Phi) is 3.11. The summed E-state index contributed by atoms with van der Waals surface area (Å²) >= 11 is 0. The summed E-state index contributed by atoms with van der Waals surface area (Å²) in [6.07, 6.45) is 7.59. The first-order valence-electron chi connectivity index (χ1n) is 6.53. The van der Waals surface area contributed by atoms with E-state index in [0.29, 0.717) is 6.04 Å². The fraction of sp³-hybridized carbons (Fsp3) is 0.833. The van der Waals surface area contributed by atoms with Crippen molar-refractivity contribution in [3.63, 3.8) is 0 Å². The molecular weight excluding hydrogens is 216 g/mol. The smallest absolute Gasteiger partial charge is 0.213 e. The highest BCUT2D eigenvalue weighted by Crippen LogP contribution is 2.34. The Labute approximate surface area is 102 Å². The van der Waals surface area contributed by atoms with Crippen LogP contribution in [0.1, 0.15) is 31.5 Å². The Morgan fingerprint density at radius 3 is 2.82 bits per heavy atom. The van der Waals surface area contributed by atoms with Crippen molar-refractivity contribution < 1.29 is 4.52 Å². The molecule has 1 aromatic rings. The zero-order valence-corrected chi connectivity index (χ0v) is 10.3. The summed E-state index contributed by atoms with van der Waals surface area (Å²) in [5.74, 6) is 0.799. The van der Waals surface area contributed by atoms with Crippen LogP contribution < -0.4 is 5.32 Å². The Bertz CT molecular complexity index is 339. The summed E-state index contributed by atoms with van der Waals surface area (Å²) in [5.41, 5.74) is 0. The molecule has 3 rings (SSSR count). The first kappa shape index (κ1) is 11.2. The number of piperidine rings is 1. The molecule has 2 bridgehead atoms. The normalized spacial score (nSPS) is 33.1. The molecule has 17 heavy (non-hydrogen) atoms. The zero-order chi connectivity index (χ0) is 11.7. The Morgan fingerprint density at radius 2 is 2.18 bits per heavy atom. The lowest BCUT2D eigenvalue weighted by Gasteiger charge is -2.36. The van der Waals surface area contributed by atoms with Gasteiger partial charge in [0.25, 0.3) is 0 Å². The van der Waals surface area contributed by atoms with Crippen LogP contribution in [-0.4, -0.2) is 46.8 Å². The van der Waals surface area contributed by atoms with Crippen LogP contribution in [0.15, 0.2) is 10.9 Å². The van der Waals surface area contributed by atoms with Crippen molar-refractivity contribution in [2.24, 2.45) is 0 Å². The van der Waals surface area contributed by atoms with E-state index >= 15 is 0 Å². The Balaban J connectivity index is 1.44. The molecule has 3 heterocycles. The number of rotatable bonds is 4. The first-order chi connectivity index (χ1) is 8.33. The Morgan fingerprint density at radius 1 is 1.41 bits per heavy atom. The second kappa shape index (κ2) is 4.74.